The van der Waals surface area contributed by atoms with Crippen LogP contribution in [-0.2, 0) is 14.3 Å². The molecule has 0 aromatic heterocycles. The van der Waals surface area contributed by atoms with E-state index in [-0.39, 0.29) is 12.5 Å². The van der Waals surface area contributed by atoms with Crippen molar-refractivity contribution in [1.82, 2.24) is 0 Å². The number of thioether (sulfide) groups is 1. The minimum Gasteiger partial charge on any atom is -0.460 e. The summed E-state index contributed by atoms with van der Waals surface area (Å²) in [6.45, 7) is 3.09. The Labute approximate surface area is 115 Å². The summed E-state index contributed by atoms with van der Waals surface area (Å²) in [5.74, 6) is -0.0581. The molecule has 0 spiro atoms. The summed E-state index contributed by atoms with van der Waals surface area (Å²) in [6, 6.07) is 5.16. The first kappa shape index (κ1) is 13.9. The normalized spacial score (nSPS) is 13.6. The van der Waals surface area contributed by atoms with Crippen LogP contribution in [0.25, 0.3) is 0 Å². The van der Waals surface area contributed by atoms with E-state index < -0.39 is 5.97 Å². The van der Waals surface area contributed by atoms with Gasteiger partial charge in [0, 0.05) is 11.5 Å². The van der Waals surface area contributed by atoms with Gasteiger partial charge in [0.15, 0.2) is 0 Å². The first-order valence-electron chi connectivity index (χ1n) is 6.02. The summed E-state index contributed by atoms with van der Waals surface area (Å²) in [6.07, 6.45) is 0. The molecule has 0 atom stereocenters. The molecule has 0 fully saturated rings. The van der Waals surface area contributed by atoms with Gasteiger partial charge in [-0.25, -0.2) is 4.79 Å². The standard InChI is InChI=1S/C13H15NO4S/c1-2-17-5-6-18-13(16)9-3-4-11-10(7-9)14-12(15)8-19-11/h3-4,7H,2,5-6,8H2,1H3,(H,14,15). The highest BCUT2D eigenvalue weighted by molar-refractivity contribution is 8.00. The molecule has 0 unspecified atom stereocenters. The molecule has 0 saturated heterocycles. The highest BCUT2D eigenvalue weighted by atomic mass is 32.2. The second kappa shape index (κ2) is 6.58. The van der Waals surface area contributed by atoms with Gasteiger partial charge in [0.25, 0.3) is 0 Å². The molecule has 1 aliphatic rings. The van der Waals surface area contributed by atoms with E-state index in [0.717, 1.165) is 4.90 Å². The third kappa shape index (κ3) is 3.71. The van der Waals surface area contributed by atoms with Crippen LogP contribution in [0.2, 0.25) is 0 Å². The van der Waals surface area contributed by atoms with Gasteiger partial charge >= 0.3 is 5.97 Å². The maximum Gasteiger partial charge on any atom is 0.338 e. The van der Waals surface area contributed by atoms with Crippen molar-refractivity contribution >= 4 is 29.3 Å². The number of nitrogens with one attached hydrogen (secondary N) is 1. The molecule has 1 heterocycles. The van der Waals surface area contributed by atoms with Crippen LogP contribution in [0.3, 0.4) is 0 Å². The van der Waals surface area contributed by atoms with Crippen LogP contribution in [0.15, 0.2) is 23.1 Å². The molecule has 1 aromatic carbocycles. The van der Waals surface area contributed by atoms with Crippen molar-refractivity contribution in [3.8, 4) is 0 Å². The number of carbonyl (C=O) groups is 2. The molecule has 0 aliphatic carbocycles. The molecule has 1 amide bonds. The summed E-state index contributed by atoms with van der Waals surface area (Å²) in [7, 11) is 0. The maximum absolute atomic E-state index is 11.8. The smallest absolute Gasteiger partial charge is 0.338 e. The van der Waals surface area contributed by atoms with Gasteiger partial charge < -0.3 is 14.8 Å². The number of ether oxygens (including phenoxy) is 2. The van der Waals surface area contributed by atoms with Crippen molar-refractivity contribution in [2.75, 3.05) is 30.9 Å². The molecule has 5 nitrogen and oxygen atoms in total. The predicted octanol–water partition coefficient (Wildman–Crippen LogP) is 1.92. The molecular weight excluding hydrogens is 266 g/mol. The van der Waals surface area contributed by atoms with Gasteiger partial charge in [-0.1, -0.05) is 0 Å². The van der Waals surface area contributed by atoms with Gasteiger partial charge in [0.1, 0.15) is 6.61 Å². The van der Waals surface area contributed by atoms with Crippen molar-refractivity contribution in [2.24, 2.45) is 0 Å². The molecule has 1 N–H and O–H groups in total. The number of hydrogen-bond donors (Lipinski definition) is 1. The zero-order chi connectivity index (χ0) is 13.7. The Morgan fingerprint density at radius 3 is 3.05 bits per heavy atom. The van der Waals surface area contributed by atoms with Gasteiger partial charge in [0.05, 0.1) is 23.6 Å². The minimum atomic E-state index is -0.410. The van der Waals surface area contributed by atoms with Crippen LogP contribution >= 0.6 is 11.8 Å². The van der Waals surface area contributed by atoms with Crippen LogP contribution in [0, 0.1) is 0 Å². The van der Waals surface area contributed by atoms with Crippen LogP contribution in [-0.4, -0.2) is 37.4 Å². The fourth-order valence-corrected chi connectivity index (χ4v) is 2.42. The Balaban J connectivity index is 1.99. The topological polar surface area (TPSA) is 64.6 Å². The number of benzene rings is 1. The van der Waals surface area contributed by atoms with E-state index in [1.807, 2.05) is 13.0 Å². The van der Waals surface area contributed by atoms with E-state index in [1.165, 1.54) is 11.8 Å². The lowest BCUT2D eigenvalue weighted by atomic mass is 10.2. The van der Waals surface area contributed by atoms with Gasteiger partial charge in [0.2, 0.25) is 5.91 Å². The highest BCUT2D eigenvalue weighted by Crippen LogP contribution is 2.32. The zero-order valence-electron chi connectivity index (χ0n) is 10.6. The second-order valence-electron chi connectivity index (χ2n) is 3.88. The Morgan fingerprint density at radius 2 is 2.26 bits per heavy atom. The lowest BCUT2D eigenvalue weighted by molar-refractivity contribution is -0.113. The summed E-state index contributed by atoms with van der Waals surface area (Å²) in [5.41, 5.74) is 1.10. The number of hydrogen-bond acceptors (Lipinski definition) is 5. The van der Waals surface area contributed by atoms with E-state index in [2.05, 4.69) is 5.32 Å². The fourth-order valence-electron chi connectivity index (χ4n) is 1.63. The predicted molar refractivity (Wildman–Crippen MR) is 72.6 cm³/mol. The van der Waals surface area contributed by atoms with Crippen LogP contribution in [0.5, 0.6) is 0 Å². The Kier molecular flexibility index (Phi) is 4.81. The lowest BCUT2D eigenvalue weighted by Gasteiger charge is -2.16. The molecule has 0 saturated carbocycles. The van der Waals surface area contributed by atoms with Gasteiger partial charge in [-0.2, -0.15) is 0 Å². The monoisotopic (exact) mass is 281 g/mol. The van der Waals surface area contributed by atoms with Gasteiger partial charge in [-0.3, -0.25) is 4.79 Å². The fraction of sp³-hybridized carbons (Fsp3) is 0.385. The average Bonchev–Trinajstić information content (AvgIpc) is 2.42. The lowest BCUT2D eigenvalue weighted by Crippen LogP contribution is -2.19. The number of fused-ring (bicyclic) bond motifs is 1. The highest BCUT2D eigenvalue weighted by Gasteiger charge is 2.17. The van der Waals surface area contributed by atoms with Crippen molar-refractivity contribution in [3.63, 3.8) is 0 Å². The molecule has 0 bridgehead atoms. The molecule has 0 radical (unpaired) electrons. The Bertz CT molecular complexity index is 490. The average molecular weight is 281 g/mol. The number of amides is 1. The van der Waals surface area contributed by atoms with E-state index >= 15 is 0 Å². The number of esters is 1. The largest absolute Gasteiger partial charge is 0.460 e. The summed E-state index contributed by atoms with van der Waals surface area (Å²) in [5, 5.41) is 2.74. The minimum absolute atomic E-state index is 0.0561. The first-order valence-corrected chi connectivity index (χ1v) is 7.01. The molecule has 19 heavy (non-hydrogen) atoms. The van der Waals surface area contributed by atoms with Crippen molar-refractivity contribution < 1.29 is 19.1 Å². The van der Waals surface area contributed by atoms with Gasteiger partial charge in [-0.15, -0.1) is 11.8 Å². The van der Waals surface area contributed by atoms with Crippen molar-refractivity contribution in [1.29, 1.82) is 0 Å². The number of carbonyl (C=O) groups excluding carboxylic acids is 2. The third-order valence-electron chi connectivity index (χ3n) is 2.51. The quantitative estimate of drug-likeness (QED) is 0.660. The van der Waals surface area contributed by atoms with E-state index in [9.17, 15) is 9.59 Å². The Hall–Kier alpha value is -1.53. The van der Waals surface area contributed by atoms with Gasteiger partial charge in [-0.05, 0) is 25.1 Å². The van der Waals surface area contributed by atoms with Crippen LogP contribution in [0.1, 0.15) is 17.3 Å². The van der Waals surface area contributed by atoms with Crippen LogP contribution < -0.4 is 5.32 Å². The third-order valence-corrected chi connectivity index (χ3v) is 3.59. The number of anilines is 1. The molecular formula is C13H15NO4S. The SMILES string of the molecule is CCOCCOC(=O)c1ccc2c(c1)NC(=O)CS2. The molecule has 6 heteroatoms. The summed E-state index contributed by atoms with van der Waals surface area (Å²) in [4.78, 5) is 24.0. The van der Waals surface area contributed by atoms with Crippen LogP contribution in [0.4, 0.5) is 5.69 Å². The molecule has 1 aromatic rings. The summed E-state index contributed by atoms with van der Waals surface area (Å²) >= 11 is 1.46. The zero-order valence-corrected chi connectivity index (χ0v) is 11.4. The van der Waals surface area contributed by atoms with Crippen molar-refractivity contribution in [3.05, 3.63) is 23.8 Å². The van der Waals surface area contributed by atoms with E-state index in [1.54, 1.807) is 12.1 Å². The second-order valence-corrected chi connectivity index (χ2v) is 4.90. The maximum atomic E-state index is 11.8. The van der Waals surface area contributed by atoms with E-state index in [4.69, 9.17) is 9.47 Å². The van der Waals surface area contributed by atoms with Crippen molar-refractivity contribution in [2.45, 2.75) is 11.8 Å². The van der Waals surface area contributed by atoms with E-state index in [0.29, 0.717) is 30.2 Å². The first-order chi connectivity index (χ1) is 9.20. The summed E-state index contributed by atoms with van der Waals surface area (Å²) < 4.78 is 10.2. The number of rotatable bonds is 5. The molecule has 1 aliphatic heterocycles. The molecule has 2 rings (SSSR count). The Morgan fingerprint density at radius 1 is 1.42 bits per heavy atom. The molecule has 102 valence electrons.